The molecule has 2 rings (SSSR count). The van der Waals surface area contributed by atoms with Gasteiger partial charge in [0.1, 0.15) is 0 Å². The Labute approximate surface area is 110 Å². The molecule has 0 saturated carbocycles. The summed E-state index contributed by atoms with van der Waals surface area (Å²) in [6.07, 6.45) is 2.00. The highest BCUT2D eigenvalue weighted by atomic mass is 16.3. The number of rotatable bonds is 5. The molecule has 0 aliphatic carbocycles. The van der Waals surface area contributed by atoms with Gasteiger partial charge in [0, 0.05) is 5.56 Å². The summed E-state index contributed by atoms with van der Waals surface area (Å²) < 4.78 is 0. The van der Waals surface area contributed by atoms with Crippen LogP contribution in [0.5, 0.6) is 0 Å². The number of aromatic nitrogens is 2. The highest BCUT2D eigenvalue weighted by molar-refractivity contribution is 5.97. The summed E-state index contributed by atoms with van der Waals surface area (Å²) in [6, 6.07) is 5.09. The SMILES string of the molecule is CCC(CO)(CO)NC(=O)c1ccc2nc[nH]c2c1. The molecule has 0 atom stereocenters. The number of fused-ring (bicyclic) bond motifs is 1. The summed E-state index contributed by atoms with van der Waals surface area (Å²) in [4.78, 5) is 19.1. The van der Waals surface area contributed by atoms with Crippen molar-refractivity contribution in [1.29, 1.82) is 0 Å². The number of benzene rings is 1. The quantitative estimate of drug-likeness (QED) is 0.628. The molecule has 6 nitrogen and oxygen atoms in total. The average Bonchev–Trinajstić information content (AvgIpc) is 2.92. The van der Waals surface area contributed by atoms with Crippen molar-refractivity contribution in [2.75, 3.05) is 13.2 Å². The van der Waals surface area contributed by atoms with Gasteiger partial charge in [-0.1, -0.05) is 6.92 Å². The summed E-state index contributed by atoms with van der Waals surface area (Å²) in [6.45, 7) is 1.18. The Morgan fingerprint density at radius 3 is 2.79 bits per heavy atom. The number of hydrogen-bond donors (Lipinski definition) is 4. The zero-order valence-electron chi connectivity index (χ0n) is 10.7. The van der Waals surface area contributed by atoms with Crippen molar-refractivity contribution in [3.05, 3.63) is 30.1 Å². The van der Waals surface area contributed by atoms with Crippen LogP contribution in [0.4, 0.5) is 0 Å². The fourth-order valence-corrected chi connectivity index (χ4v) is 1.83. The number of aliphatic hydroxyl groups is 2. The van der Waals surface area contributed by atoms with Crippen molar-refractivity contribution in [2.24, 2.45) is 0 Å². The molecule has 2 aromatic rings. The fourth-order valence-electron chi connectivity index (χ4n) is 1.83. The van der Waals surface area contributed by atoms with Crippen LogP contribution in [0, 0.1) is 0 Å². The molecule has 6 heteroatoms. The lowest BCUT2D eigenvalue weighted by Gasteiger charge is -2.29. The standard InChI is InChI=1S/C13H17N3O3/c1-2-13(6-17,7-18)16-12(19)9-3-4-10-11(5-9)15-8-14-10/h3-5,8,17-18H,2,6-7H2,1H3,(H,14,15)(H,16,19). The third kappa shape index (κ3) is 2.59. The number of carbonyl (C=O) groups is 1. The Balaban J connectivity index is 2.23. The van der Waals surface area contributed by atoms with E-state index < -0.39 is 5.54 Å². The van der Waals surface area contributed by atoms with Gasteiger partial charge in [-0.3, -0.25) is 4.79 Å². The first kappa shape index (κ1) is 13.5. The smallest absolute Gasteiger partial charge is 0.251 e. The molecular weight excluding hydrogens is 246 g/mol. The molecule has 0 spiro atoms. The Kier molecular flexibility index (Phi) is 3.82. The van der Waals surface area contributed by atoms with Gasteiger partial charge in [-0.2, -0.15) is 0 Å². The number of aromatic amines is 1. The number of hydrogen-bond acceptors (Lipinski definition) is 4. The molecule has 0 aliphatic rings. The third-order valence-electron chi connectivity index (χ3n) is 3.34. The second-order valence-corrected chi connectivity index (χ2v) is 4.54. The molecule has 1 aromatic carbocycles. The van der Waals surface area contributed by atoms with Gasteiger partial charge in [-0.15, -0.1) is 0 Å². The summed E-state index contributed by atoms with van der Waals surface area (Å²) in [5.74, 6) is -0.332. The summed E-state index contributed by atoms with van der Waals surface area (Å²) in [7, 11) is 0. The number of aliphatic hydroxyl groups excluding tert-OH is 2. The van der Waals surface area contributed by atoms with Crippen molar-refractivity contribution in [3.63, 3.8) is 0 Å². The molecule has 19 heavy (non-hydrogen) atoms. The first-order chi connectivity index (χ1) is 9.14. The van der Waals surface area contributed by atoms with Gasteiger partial charge in [0.25, 0.3) is 5.91 Å². The predicted octanol–water partition coefficient (Wildman–Crippen LogP) is 0.426. The van der Waals surface area contributed by atoms with E-state index in [1.807, 2.05) is 0 Å². The summed E-state index contributed by atoms with van der Waals surface area (Å²) in [5, 5.41) is 21.3. The number of imidazole rings is 1. The van der Waals surface area contributed by atoms with E-state index in [0.717, 1.165) is 11.0 Å². The van der Waals surface area contributed by atoms with Crippen molar-refractivity contribution in [3.8, 4) is 0 Å². The van der Waals surface area contributed by atoms with E-state index in [4.69, 9.17) is 0 Å². The van der Waals surface area contributed by atoms with Crippen LogP contribution in [-0.4, -0.2) is 44.8 Å². The van der Waals surface area contributed by atoms with Crippen molar-refractivity contribution in [1.82, 2.24) is 15.3 Å². The maximum Gasteiger partial charge on any atom is 0.251 e. The zero-order chi connectivity index (χ0) is 13.9. The molecule has 0 fully saturated rings. The van der Waals surface area contributed by atoms with Crippen LogP contribution in [-0.2, 0) is 0 Å². The van der Waals surface area contributed by atoms with Crippen LogP contribution in [0.1, 0.15) is 23.7 Å². The first-order valence-corrected chi connectivity index (χ1v) is 6.11. The molecule has 0 saturated heterocycles. The number of nitrogens with zero attached hydrogens (tertiary/aromatic N) is 1. The highest BCUT2D eigenvalue weighted by Crippen LogP contribution is 2.14. The molecule has 1 amide bonds. The van der Waals surface area contributed by atoms with E-state index >= 15 is 0 Å². The van der Waals surface area contributed by atoms with Crippen molar-refractivity contribution < 1.29 is 15.0 Å². The number of carbonyl (C=O) groups excluding carboxylic acids is 1. The van der Waals surface area contributed by atoms with Gasteiger partial charge in [0.15, 0.2) is 0 Å². The van der Waals surface area contributed by atoms with Gasteiger partial charge in [-0.05, 0) is 24.6 Å². The molecule has 4 N–H and O–H groups in total. The minimum absolute atomic E-state index is 0.307. The number of H-pyrrole nitrogens is 1. The van der Waals surface area contributed by atoms with Crippen LogP contribution in [0.2, 0.25) is 0 Å². The molecule has 0 unspecified atom stereocenters. The minimum atomic E-state index is -0.986. The van der Waals surface area contributed by atoms with Crippen LogP contribution in [0.25, 0.3) is 11.0 Å². The maximum absolute atomic E-state index is 12.1. The minimum Gasteiger partial charge on any atom is -0.394 e. The lowest BCUT2D eigenvalue weighted by atomic mass is 9.98. The zero-order valence-corrected chi connectivity index (χ0v) is 10.7. The first-order valence-electron chi connectivity index (χ1n) is 6.11. The van der Waals surface area contributed by atoms with Crippen LogP contribution in [0.3, 0.4) is 0 Å². The van der Waals surface area contributed by atoms with Crippen LogP contribution >= 0.6 is 0 Å². The summed E-state index contributed by atoms with van der Waals surface area (Å²) >= 11 is 0. The Morgan fingerprint density at radius 2 is 2.16 bits per heavy atom. The number of amides is 1. The predicted molar refractivity (Wildman–Crippen MR) is 70.8 cm³/mol. The lowest BCUT2D eigenvalue weighted by molar-refractivity contribution is 0.0653. The normalized spacial score (nSPS) is 11.7. The topological polar surface area (TPSA) is 98.2 Å². The summed E-state index contributed by atoms with van der Waals surface area (Å²) in [5.41, 5.74) is 1.02. The Bertz CT molecular complexity index is 567. The van der Waals surface area contributed by atoms with Gasteiger partial charge >= 0.3 is 0 Å². The monoisotopic (exact) mass is 263 g/mol. The van der Waals surface area contributed by atoms with E-state index in [-0.39, 0.29) is 19.1 Å². The fraction of sp³-hybridized carbons (Fsp3) is 0.385. The van der Waals surface area contributed by atoms with E-state index in [0.29, 0.717) is 12.0 Å². The Hall–Kier alpha value is -1.92. The van der Waals surface area contributed by atoms with Gasteiger partial charge in [-0.25, -0.2) is 4.98 Å². The molecule has 1 heterocycles. The van der Waals surface area contributed by atoms with E-state index in [1.165, 1.54) is 0 Å². The molecule has 102 valence electrons. The molecule has 0 bridgehead atoms. The molecule has 0 radical (unpaired) electrons. The largest absolute Gasteiger partial charge is 0.394 e. The van der Waals surface area contributed by atoms with Crippen molar-refractivity contribution in [2.45, 2.75) is 18.9 Å². The second kappa shape index (κ2) is 5.38. The van der Waals surface area contributed by atoms with Gasteiger partial charge in [0.05, 0.1) is 36.1 Å². The number of nitrogens with one attached hydrogen (secondary N) is 2. The second-order valence-electron chi connectivity index (χ2n) is 4.54. The van der Waals surface area contributed by atoms with E-state index in [2.05, 4.69) is 15.3 Å². The van der Waals surface area contributed by atoms with Crippen LogP contribution in [0.15, 0.2) is 24.5 Å². The average molecular weight is 263 g/mol. The van der Waals surface area contributed by atoms with Crippen LogP contribution < -0.4 is 5.32 Å². The van der Waals surface area contributed by atoms with Gasteiger partial charge in [0.2, 0.25) is 0 Å². The van der Waals surface area contributed by atoms with Crippen molar-refractivity contribution >= 4 is 16.9 Å². The third-order valence-corrected chi connectivity index (χ3v) is 3.34. The Morgan fingerprint density at radius 1 is 1.42 bits per heavy atom. The van der Waals surface area contributed by atoms with E-state index in [9.17, 15) is 15.0 Å². The van der Waals surface area contributed by atoms with E-state index in [1.54, 1.807) is 31.5 Å². The maximum atomic E-state index is 12.1. The highest BCUT2D eigenvalue weighted by Gasteiger charge is 2.28. The molecule has 0 aliphatic heterocycles. The molecule has 1 aromatic heterocycles. The lowest BCUT2D eigenvalue weighted by Crippen LogP contribution is -2.53. The van der Waals surface area contributed by atoms with Gasteiger partial charge < -0.3 is 20.5 Å². The molecular formula is C13H17N3O3.